The number of carbonyl (C=O) groups is 2. The van der Waals surface area contributed by atoms with Gasteiger partial charge in [0.25, 0.3) is 0 Å². The Labute approximate surface area is 228 Å². The smallest absolute Gasteiger partial charge is 0.480 e. The number of piperazine rings is 1. The van der Waals surface area contributed by atoms with Crippen molar-refractivity contribution in [3.05, 3.63) is 35.0 Å². The van der Waals surface area contributed by atoms with Crippen LogP contribution in [0, 0.1) is 0 Å². The lowest BCUT2D eigenvalue weighted by atomic mass is 10.2. The zero-order valence-corrected chi connectivity index (χ0v) is 22.0. The van der Waals surface area contributed by atoms with Gasteiger partial charge in [0.1, 0.15) is 10.9 Å². The number of aryl methyl sites for hydroxylation is 1. The van der Waals surface area contributed by atoms with Crippen LogP contribution in [0.5, 0.6) is 0 Å². The minimum absolute atomic E-state index is 0.261. The lowest BCUT2D eigenvalue weighted by molar-refractivity contribution is -0.192. The fraction of sp³-hybridized carbons (Fsp3) is 0.478. The Hall–Kier alpha value is -3.17. The van der Waals surface area contributed by atoms with Crippen molar-refractivity contribution in [2.45, 2.75) is 36.0 Å². The summed E-state index contributed by atoms with van der Waals surface area (Å²) in [6, 6.07) is 6.77. The van der Waals surface area contributed by atoms with Crippen LogP contribution in [0.25, 0.3) is 0 Å². The van der Waals surface area contributed by atoms with Crippen molar-refractivity contribution in [3.8, 4) is 0 Å². The molecule has 3 aliphatic heterocycles. The first-order valence-electron chi connectivity index (χ1n) is 11.9. The number of aromatic nitrogens is 2. The van der Waals surface area contributed by atoms with E-state index in [9.17, 15) is 27.3 Å². The van der Waals surface area contributed by atoms with Crippen molar-refractivity contribution < 1.29 is 37.2 Å². The zero-order chi connectivity index (χ0) is 28.5. The van der Waals surface area contributed by atoms with Gasteiger partial charge in [-0.05, 0) is 30.7 Å². The van der Waals surface area contributed by atoms with E-state index in [1.807, 2.05) is 24.3 Å². The van der Waals surface area contributed by atoms with Gasteiger partial charge >= 0.3 is 18.1 Å². The summed E-state index contributed by atoms with van der Waals surface area (Å²) in [5.74, 6) is -2.17. The molecule has 1 aromatic heterocycles. The number of anilines is 3. The van der Waals surface area contributed by atoms with Crippen molar-refractivity contribution in [1.29, 1.82) is 0 Å². The van der Waals surface area contributed by atoms with Gasteiger partial charge in [0.05, 0.1) is 16.5 Å². The molecule has 2 saturated heterocycles. The SMILES string of the molecule is N[C@@H]1C[C@@H](C(=O)O)N(c2nc(N3CCN(c4ccc(Cl)cc4)CC3)nc3c2S(=O)CC3)C1.O=C(O)C(F)(F)F. The van der Waals surface area contributed by atoms with Crippen molar-refractivity contribution in [3.63, 3.8) is 0 Å². The van der Waals surface area contributed by atoms with Crippen LogP contribution < -0.4 is 20.4 Å². The molecular weight excluding hydrogens is 565 g/mol. The minimum atomic E-state index is -5.08. The Morgan fingerprint density at radius 3 is 2.21 bits per heavy atom. The molecule has 2 aromatic rings. The number of rotatable bonds is 4. The molecular formula is C23H26ClF3N6O5S. The monoisotopic (exact) mass is 590 g/mol. The third-order valence-electron chi connectivity index (χ3n) is 6.55. The van der Waals surface area contributed by atoms with Crippen LogP contribution in [0.3, 0.4) is 0 Å². The van der Waals surface area contributed by atoms with Crippen LogP contribution in [0.2, 0.25) is 5.02 Å². The quantitative estimate of drug-likeness (QED) is 0.477. The highest BCUT2D eigenvalue weighted by atomic mass is 35.5. The average molecular weight is 591 g/mol. The highest BCUT2D eigenvalue weighted by Crippen LogP contribution is 2.36. The van der Waals surface area contributed by atoms with Gasteiger partial charge in [0.2, 0.25) is 5.95 Å². The maximum absolute atomic E-state index is 12.7. The molecule has 0 radical (unpaired) electrons. The number of nitrogens with two attached hydrogens (primary N) is 1. The predicted octanol–water partition coefficient (Wildman–Crippen LogP) is 1.74. The molecule has 0 aliphatic carbocycles. The van der Waals surface area contributed by atoms with E-state index in [2.05, 4.69) is 9.80 Å². The molecule has 0 saturated carbocycles. The Morgan fingerprint density at radius 1 is 1.05 bits per heavy atom. The zero-order valence-electron chi connectivity index (χ0n) is 20.5. The van der Waals surface area contributed by atoms with Crippen LogP contribution in [-0.2, 0) is 26.8 Å². The van der Waals surface area contributed by atoms with Gasteiger partial charge in [-0.25, -0.2) is 14.6 Å². The first-order valence-corrected chi connectivity index (χ1v) is 13.6. The Kier molecular flexibility index (Phi) is 8.51. The van der Waals surface area contributed by atoms with E-state index in [1.165, 1.54) is 0 Å². The molecule has 3 atom stereocenters. The Morgan fingerprint density at radius 2 is 1.64 bits per heavy atom. The Balaban J connectivity index is 0.000000448. The van der Waals surface area contributed by atoms with Gasteiger partial charge in [-0.15, -0.1) is 0 Å². The number of aliphatic carboxylic acids is 2. The second kappa shape index (κ2) is 11.5. The number of hydrogen-bond donors (Lipinski definition) is 3. The van der Waals surface area contributed by atoms with Crippen LogP contribution in [0.4, 0.5) is 30.6 Å². The van der Waals surface area contributed by atoms with Gasteiger partial charge in [-0.1, -0.05) is 11.6 Å². The number of hydrogen-bond acceptors (Lipinski definition) is 9. The van der Waals surface area contributed by atoms with Gasteiger partial charge in [-0.3, -0.25) is 4.21 Å². The number of carboxylic acid groups (broad SMARTS) is 2. The Bertz CT molecular complexity index is 1260. The largest absolute Gasteiger partial charge is 0.490 e. The molecule has 16 heteroatoms. The summed E-state index contributed by atoms with van der Waals surface area (Å²) in [7, 11) is -1.23. The molecule has 0 amide bonds. The van der Waals surface area contributed by atoms with E-state index in [4.69, 9.17) is 37.2 Å². The minimum Gasteiger partial charge on any atom is -0.480 e. The second-order valence-electron chi connectivity index (χ2n) is 9.18. The first kappa shape index (κ1) is 28.8. The highest BCUT2D eigenvalue weighted by Gasteiger charge is 2.40. The summed E-state index contributed by atoms with van der Waals surface area (Å²) in [6.07, 6.45) is -4.14. The molecule has 3 aliphatic rings. The normalized spacial score (nSPS) is 22.8. The molecule has 4 heterocycles. The van der Waals surface area contributed by atoms with E-state index < -0.39 is 35.0 Å². The fourth-order valence-corrected chi connectivity index (χ4v) is 6.14. The molecule has 39 heavy (non-hydrogen) atoms. The van der Waals surface area contributed by atoms with E-state index >= 15 is 0 Å². The third kappa shape index (κ3) is 6.53. The maximum Gasteiger partial charge on any atom is 0.490 e. The molecule has 11 nitrogen and oxygen atoms in total. The summed E-state index contributed by atoms with van der Waals surface area (Å²) < 4.78 is 44.4. The topological polar surface area (TPSA) is 153 Å². The van der Waals surface area contributed by atoms with Gasteiger partial charge in [0, 0.05) is 61.6 Å². The first-order chi connectivity index (χ1) is 18.3. The molecule has 2 fully saturated rings. The van der Waals surface area contributed by atoms with E-state index in [0.717, 1.165) is 37.6 Å². The number of fused-ring (bicyclic) bond motifs is 1. The number of nitrogens with zero attached hydrogens (tertiary/aromatic N) is 5. The second-order valence-corrected chi connectivity index (χ2v) is 11.1. The van der Waals surface area contributed by atoms with Crippen molar-refractivity contribution in [2.75, 3.05) is 53.2 Å². The van der Waals surface area contributed by atoms with Gasteiger partial charge < -0.3 is 30.6 Å². The summed E-state index contributed by atoms with van der Waals surface area (Å²) in [4.78, 5) is 36.9. The molecule has 212 valence electrons. The van der Waals surface area contributed by atoms with E-state index in [0.29, 0.717) is 46.8 Å². The van der Waals surface area contributed by atoms with Gasteiger partial charge in [-0.2, -0.15) is 18.2 Å². The summed E-state index contributed by atoms with van der Waals surface area (Å²) in [6.45, 7) is 3.43. The van der Waals surface area contributed by atoms with Gasteiger partial charge in [0.15, 0.2) is 5.82 Å². The molecule has 4 N–H and O–H groups in total. The number of halogens is 4. The van der Waals surface area contributed by atoms with E-state index in [-0.39, 0.29) is 6.04 Å². The average Bonchev–Trinajstić information content (AvgIpc) is 3.46. The van der Waals surface area contributed by atoms with E-state index in [1.54, 1.807) is 4.90 Å². The van der Waals surface area contributed by atoms with Crippen LogP contribution in [0.15, 0.2) is 29.2 Å². The lowest BCUT2D eigenvalue weighted by Gasteiger charge is -2.36. The molecule has 1 unspecified atom stereocenters. The fourth-order valence-electron chi connectivity index (χ4n) is 4.65. The number of alkyl halides is 3. The van der Waals surface area contributed by atoms with Crippen LogP contribution in [0.1, 0.15) is 12.1 Å². The van der Waals surface area contributed by atoms with Crippen LogP contribution in [-0.4, -0.2) is 93.1 Å². The number of benzene rings is 1. The molecule has 0 bridgehead atoms. The predicted molar refractivity (Wildman–Crippen MR) is 138 cm³/mol. The number of carboxylic acids is 2. The summed E-state index contributed by atoms with van der Waals surface area (Å²) in [5.41, 5.74) is 7.96. The summed E-state index contributed by atoms with van der Waals surface area (Å²) in [5, 5.41) is 17.5. The van der Waals surface area contributed by atoms with Crippen LogP contribution >= 0.6 is 11.6 Å². The summed E-state index contributed by atoms with van der Waals surface area (Å²) >= 11 is 6.00. The third-order valence-corrected chi connectivity index (χ3v) is 8.25. The standard InChI is InChI=1S/C21H25ClN6O3S.C2HF3O2/c22-13-1-3-15(4-2-13)26-6-8-27(9-7-26)21-24-16-5-10-32(31)18(16)19(25-21)28-12-14(23)11-17(28)20(29)30;3-2(4,5)1(6)7/h1-4,14,17H,5-12,23H2,(H,29,30);(H,6,7)/t14-,17+,32?;/m1./s1. The van der Waals surface area contributed by atoms with Crippen molar-refractivity contribution >= 4 is 51.8 Å². The van der Waals surface area contributed by atoms with Crippen molar-refractivity contribution in [1.82, 2.24) is 9.97 Å². The molecule has 0 spiro atoms. The van der Waals surface area contributed by atoms with Crippen molar-refractivity contribution in [2.24, 2.45) is 5.73 Å². The molecule has 5 rings (SSSR count). The lowest BCUT2D eigenvalue weighted by Crippen LogP contribution is -2.47. The maximum atomic E-state index is 12.7. The molecule has 1 aromatic carbocycles. The highest BCUT2D eigenvalue weighted by molar-refractivity contribution is 7.85.